The van der Waals surface area contributed by atoms with Gasteiger partial charge in [-0.15, -0.1) is 0 Å². The number of nitrogens with zero attached hydrogens (tertiary/aromatic N) is 13. The Bertz CT molecular complexity index is 5860. The lowest BCUT2D eigenvalue weighted by molar-refractivity contribution is -0.139. The van der Waals surface area contributed by atoms with Gasteiger partial charge in [-0.3, -0.25) is 68.4 Å². The number of ether oxygens (including phenoxy) is 4. The predicted molar refractivity (Wildman–Crippen MR) is 474 cm³/mol. The third-order valence-electron chi connectivity index (χ3n) is 26.5. The van der Waals surface area contributed by atoms with Crippen molar-refractivity contribution in [3.63, 3.8) is 0 Å². The molecule has 6 saturated heterocycles. The average molecular weight is 1790 g/mol. The zero-order chi connectivity index (χ0) is 89.8. The molecule has 12 heterocycles. The molecule has 8 fully saturated rings. The largest absolute Gasteiger partial charge is 0.479 e. The minimum atomic E-state index is -1.18. The fourth-order valence-electron chi connectivity index (χ4n) is 19.6. The molecule has 0 radical (unpaired) electrons. The van der Waals surface area contributed by atoms with E-state index in [2.05, 4.69) is 68.0 Å². The number of imide groups is 3. The van der Waals surface area contributed by atoms with Crippen LogP contribution in [0.3, 0.4) is 0 Å². The van der Waals surface area contributed by atoms with E-state index >= 15 is 4.39 Å². The monoisotopic (exact) mass is 1790 g/mol. The number of rotatable bonds is 24. The number of carboxylic acid groups (broad SMARTS) is 1. The molecule has 4 aromatic carbocycles. The van der Waals surface area contributed by atoms with Crippen molar-refractivity contribution < 1.29 is 71.6 Å². The number of piperazine rings is 1. The topological polar surface area (TPSA) is 389 Å². The Labute approximate surface area is 746 Å². The van der Waals surface area contributed by atoms with Gasteiger partial charge in [-0.2, -0.15) is 9.97 Å². The maximum absolute atomic E-state index is 16.0. The fraction of sp³-hybridized carbons (Fsp3) is 0.484. The van der Waals surface area contributed by atoms with E-state index < -0.39 is 59.8 Å². The van der Waals surface area contributed by atoms with Gasteiger partial charge >= 0.3 is 5.97 Å². The Morgan fingerprint density at radius 1 is 0.562 bits per heavy atom. The van der Waals surface area contributed by atoms with E-state index in [1.165, 1.54) is 11.9 Å². The van der Waals surface area contributed by atoms with Crippen LogP contribution >= 0.6 is 23.2 Å². The van der Waals surface area contributed by atoms with E-state index in [1.54, 1.807) is 57.9 Å². The number of carboxylic acids is 1. The Morgan fingerprint density at radius 2 is 1.08 bits per heavy atom. The molecule has 8 aliphatic heterocycles. The van der Waals surface area contributed by atoms with Gasteiger partial charge in [0.25, 0.3) is 34.7 Å². The molecule has 0 bridgehead atoms. The van der Waals surface area contributed by atoms with Crippen molar-refractivity contribution in [1.29, 1.82) is 0 Å². The first-order chi connectivity index (χ1) is 61.6. The van der Waals surface area contributed by atoms with Gasteiger partial charge in [0.05, 0.1) is 65.5 Å². The van der Waals surface area contributed by atoms with E-state index in [4.69, 9.17) is 57.2 Å². The highest BCUT2D eigenvalue weighted by molar-refractivity contribution is 6.33. The van der Waals surface area contributed by atoms with E-state index in [0.717, 1.165) is 145 Å². The predicted octanol–water partition coefficient (Wildman–Crippen LogP) is 9.55. The maximum Gasteiger partial charge on any atom is 0.341 e. The number of pyridine rings is 2. The third-order valence-corrected chi connectivity index (χ3v) is 27.0. The number of aromatic nitrogens is 6. The van der Waals surface area contributed by atoms with E-state index in [9.17, 15) is 52.7 Å². The van der Waals surface area contributed by atoms with Crippen LogP contribution < -0.4 is 61.9 Å². The first-order valence-corrected chi connectivity index (χ1v) is 44.9. The number of likely N-dealkylation sites (N-methyl/N-ethyl adjacent to an activating group) is 1. The van der Waals surface area contributed by atoms with Crippen molar-refractivity contribution in [3.05, 3.63) is 156 Å². The summed E-state index contributed by atoms with van der Waals surface area (Å²) >= 11 is 13.2. The molecule has 34 nitrogen and oxygen atoms in total. The number of hydrogen-bond acceptors (Lipinski definition) is 26. The summed E-state index contributed by atoms with van der Waals surface area (Å²) in [5.41, 5.74) is 4.78. The van der Waals surface area contributed by atoms with Gasteiger partial charge in [0.1, 0.15) is 27.9 Å². The van der Waals surface area contributed by atoms with Crippen molar-refractivity contribution in [2.75, 3.05) is 104 Å². The van der Waals surface area contributed by atoms with Crippen molar-refractivity contribution in [2.24, 2.45) is 0 Å². The number of carbonyl (C=O) groups excluding carboxylic acids is 8. The Kier molecular flexibility index (Phi) is 25.6. The Balaban J connectivity index is 0.000000180. The smallest absolute Gasteiger partial charge is 0.341 e. The second-order valence-corrected chi connectivity index (χ2v) is 36.1. The molecule has 8 aromatic rings. The number of hydrogen-bond donors (Lipinski definition) is 6. The molecule has 37 heteroatoms. The fourth-order valence-corrected chi connectivity index (χ4v) is 19.8. The molecule has 18 rings (SSSR count). The molecule has 6 N–H and O–H groups in total. The van der Waals surface area contributed by atoms with Crippen LogP contribution in [-0.2, 0) is 44.8 Å². The summed E-state index contributed by atoms with van der Waals surface area (Å²) < 4.78 is 43.3. The summed E-state index contributed by atoms with van der Waals surface area (Å²) in [6.07, 6.45) is 13.3. The number of aliphatic carboxylic acids is 1. The van der Waals surface area contributed by atoms with Gasteiger partial charge in [-0.25, -0.2) is 19.2 Å². The normalized spacial score (nSPS) is 22.6. The van der Waals surface area contributed by atoms with Crippen LogP contribution in [0.15, 0.2) is 101 Å². The zero-order valence-corrected chi connectivity index (χ0v) is 73.5. The van der Waals surface area contributed by atoms with Gasteiger partial charge < -0.3 is 73.6 Å². The number of fused-ring (bicyclic) bond motifs is 4. The molecule has 2 unspecified atom stereocenters. The molecule has 8 amide bonds. The van der Waals surface area contributed by atoms with Gasteiger partial charge in [-0.1, -0.05) is 29.3 Å². The van der Waals surface area contributed by atoms with Gasteiger partial charge in [0.15, 0.2) is 36.3 Å². The molecule has 674 valence electrons. The number of anilines is 7. The molecule has 128 heavy (non-hydrogen) atoms. The highest BCUT2D eigenvalue weighted by Crippen LogP contribution is 2.43. The number of piperidine rings is 5. The molecular formula is C91H103Cl2FN18O16. The van der Waals surface area contributed by atoms with Crippen LogP contribution in [-0.4, -0.2) is 241 Å². The van der Waals surface area contributed by atoms with Crippen LogP contribution in [0.5, 0.6) is 11.5 Å². The molecule has 0 spiro atoms. The molecular weight excluding hydrogens is 1690 g/mol. The van der Waals surface area contributed by atoms with Gasteiger partial charge in [0.2, 0.25) is 35.5 Å². The van der Waals surface area contributed by atoms with Crippen LogP contribution in [0.2, 0.25) is 10.0 Å². The van der Waals surface area contributed by atoms with Crippen molar-refractivity contribution in [2.45, 2.75) is 204 Å². The van der Waals surface area contributed by atoms with E-state index in [1.807, 2.05) is 70.2 Å². The van der Waals surface area contributed by atoms with Crippen molar-refractivity contribution >= 4 is 139 Å². The second-order valence-electron chi connectivity index (χ2n) is 35.3. The lowest BCUT2D eigenvalue weighted by atomic mass is 9.83. The number of carbonyl (C=O) groups is 9. The quantitative estimate of drug-likeness (QED) is 0.0306. The highest BCUT2D eigenvalue weighted by Gasteiger charge is 2.48. The molecule has 3 atom stereocenters. The summed E-state index contributed by atoms with van der Waals surface area (Å²) in [5, 5.41) is 24.9. The van der Waals surface area contributed by atoms with Crippen molar-refractivity contribution in [3.8, 4) is 11.5 Å². The third kappa shape index (κ3) is 18.3. The van der Waals surface area contributed by atoms with Gasteiger partial charge in [-0.05, 0) is 209 Å². The first kappa shape index (κ1) is 88.3. The van der Waals surface area contributed by atoms with E-state index in [-0.39, 0.29) is 133 Å². The average Bonchev–Trinajstić information content (AvgIpc) is 1.62. The number of amides is 8. The summed E-state index contributed by atoms with van der Waals surface area (Å²) in [6.45, 7) is 16.0. The van der Waals surface area contributed by atoms with E-state index in [0.29, 0.717) is 90.2 Å². The Hall–Kier alpha value is -11.8. The number of benzene rings is 4. The van der Waals surface area contributed by atoms with Crippen LogP contribution in [0.1, 0.15) is 185 Å². The summed E-state index contributed by atoms with van der Waals surface area (Å²) in [4.78, 5) is 170. The van der Waals surface area contributed by atoms with Crippen LogP contribution in [0.4, 0.5) is 45.0 Å². The lowest BCUT2D eigenvalue weighted by Gasteiger charge is -2.50. The van der Waals surface area contributed by atoms with Crippen molar-refractivity contribution in [1.82, 2.24) is 64.6 Å². The molecule has 4 aromatic heterocycles. The minimum Gasteiger partial charge on any atom is -0.479 e. The Morgan fingerprint density at radius 3 is 1.59 bits per heavy atom. The number of halogens is 3. The maximum atomic E-state index is 16.0. The first-order valence-electron chi connectivity index (χ1n) is 44.1. The standard InChI is InChI=1S/C46H53ClN10O8.C45H50ClFN8O8/c1-25(2)56-36-8-5-28(17-27(36)18-38(45(56)63)64-24-40(59)48-4)50-41-35(47)22-49-46(52-41)53-13-11-31(12-14-53)65-32-19-30(20-32)55-16-15-54(23-26(55)3)29-6-7-33-34(21-29)44(62)57(43(33)61)37-9-10-39(58)51-42(37)60;1-24(2)55-35-6-3-27(17-26(35)18-37(44(55)61)62-23-39(57)58)49-41-34(46)21-48-45(51-41)53-15-11-29(12-16-53)63-30-19-28(20-30)52-13-9-25(10-14-52)31-4-5-32-33(40(31)47)22-54(43(32)60)36-7-8-38(56)50-42(36)59/h5-8,17-18,21-22,25-26,30-32,37H,9-16,19-20,23-24H2,1-4H3,(H,48,59)(H,49,50,52)(H,51,58,60);3-6,17-18,21,24-25,28-30,36H,7-16,19-20,22-23H2,1-2H3,(H,57,58)(H,48,49,51)(H,50,56,59)/t26-,30?,32?,37?;/m1./s1. The summed E-state index contributed by atoms with van der Waals surface area (Å²) in [7, 11) is 1.51. The van der Waals surface area contributed by atoms with Crippen LogP contribution in [0, 0.1) is 5.82 Å². The zero-order valence-electron chi connectivity index (χ0n) is 72.0. The summed E-state index contributed by atoms with van der Waals surface area (Å²) in [5.74, 6) is -3.01. The van der Waals surface area contributed by atoms with Crippen LogP contribution in [0.25, 0.3) is 21.8 Å². The second kappa shape index (κ2) is 37.1. The summed E-state index contributed by atoms with van der Waals surface area (Å²) in [6, 6.07) is 22.1. The molecule has 10 aliphatic rings. The van der Waals surface area contributed by atoms with Gasteiger partial charge in [0, 0.05) is 135 Å². The number of nitrogens with one attached hydrogen (secondary N) is 5. The minimum absolute atomic E-state index is 0.0343. The molecule has 2 aliphatic carbocycles. The lowest BCUT2D eigenvalue weighted by Crippen LogP contribution is -2.60. The highest BCUT2D eigenvalue weighted by atomic mass is 35.5. The SMILES string of the molecule is CC(C)n1c(=O)c(OCC(=O)O)cc2cc(Nc3nc(N4CCC(OC5CC(N6CCC(c7ccc8c(c7F)CN(C7CCC(=O)NC7=O)C8=O)CC6)C5)CC4)ncc3Cl)ccc21.CNC(=O)COc1cc2cc(Nc3nc(N4CCC(OC5CC(N6CCN(c7ccc8c(c7)C(=O)N(C7CCC(=O)NC7=O)C8=O)C[C@H]6C)C5)CC4)ncc3Cl)ccc2n(C(C)C)c1=O. The molecule has 2 saturated carbocycles. The number of likely N-dealkylation sites (tertiary alicyclic amines) is 1.